The van der Waals surface area contributed by atoms with Crippen LogP contribution in [0.2, 0.25) is 0 Å². The molecule has 0 atom stereocenters. The average molecular weight is 357 g/mol. The molecule has 0 aromatic carbocycles. The van der Waals surface area contributed by atoms with Gasteiger partial charge in [-0.15, -0.1) is 0 Å². The van der Waals surface area contributed by atoms with Gasteiger partial charge in [0.25, 0.3) is 5.91 Å². The van der Waals surface area contributed by atoms with Crippen molar-refractivity contribution in [2.45, 2.75) is 6.18 Å². The fraction of sp³-hybridized carbons (Fsp3) is 0.400. The van der Waals surface area contributed by atoms with E-state index in [1.807, 2.05) is 0 Å². The number of nitrogens with one attached hydrogen (secondary N) is 2. The Labute approximate surface area is 121 Å². The number of nitrogens with two attached hydrogens (primary N) is 1. The largest absolute Gasteiger partial charge is 0.411 e. The number of amides is 1. The van der Waals surface area contributed by atoms with Crippen LogP contribution in [0, 0.1) is 0 Å². The lowest BCUT2D eigenvalue weighted by Crippen LogP contribution is -2.30. The first kappa shape index (κ1) is 16.7. The third kappa shape index (κ3) is 5.72. The van der Waals surface area contributed by atoms with Crippen molar-refractivity contribution in [3.05, 3.63) is 22.3 Å². The Morgan fingerprint density at radius 2 is 2.20 bits per heavy atom. The van der Waals surface area contributed by atoms with Gasteiger partial charge in [0, 0.05) is 17.2 Å². The number of rotatable bonds is 6. The summed E-state index contributed by atoms with van der Waals surface area (Å²) in [4.78, 5) is 15.7. The quantitative estimate of drug-likeness (QED) is 0.407. The van der Waals surface area contributed by atoms with E-state index in [0.717, 1.165) is 0 Å². The topological polar surface area (TPSA) is 89.3 Å². The van der Waals surface area contributed by atoms with Gasteiger partial charge in [-0.2, -0.15) is 13.2 Å². The summed E-state index contributed by atoms with van der Waals surface area (Å²) in [6, 6.07) is 1.48. The van der Waals surface area contributed by atoms with E-state index in [-0.39, 0.29) is 24.5 Å². The molecule has 0 fully saturated rings. The minimum atomic E-state index is -4.38. The Hall–Kier alpha value is -1.39. The van der Waals surface area contributed by atoms with Crippen molar-refractivity contribution >= 4 is 27.7 Å². The first-order valence-electron chi connectivity index (χ1n) is 5.38. The molecule has 6 nitrogen and oxygen atoms in total. The summed E-state index contributed by atoms with van der Waals surface area (Å²) in [6.07, 6.45) is -2.94. The minimum absolute atomic E-state index is 0.0640. The zero-order valence-electron chi connectivity index (χ0n) is 10.1. The second-order valence-electron chi connectivity index (χ2n) is 3.62. The molecule has 0 aliphatic carbocycles. The molecule has 0 saturated heterocycles. The van der Waals surface area contributed by atoms with E-state index in [1.54, 1.807) is 0 Å². The Balaban J connectivity index is 2.45. The molecule has 4 N–H and O–H groups in total. The molecule has 0 aliphatic rings. The van der Waals surface area contributed by atoms with Crippen molar-refractivity contribution < 1.29 is 22.7 Å². The van der Waals surface area contributed by atoms with Gasteiger partial charge in [0.15, 0.2) is 5.82 Å². The second-order valence-corrected chi connectivity index (χ2v) is 4.53. The maximum atomic E-state index is 11.8. The van der Waals surface area contributed by atoms with Gasteiger partial charge >= 0.3 is 6.18 Å². The molecule has 0 bridgehead atoms. The molecule has 1 aromatic heterocycles. The number of anilines is 1. The van der Waals surface area contributed by atoms with Crippen molar-refractivity contribution in [1.29, 1.82) is 0 Å². The zero-order chi connectivity index (χ0) is 15.2. The lowest BCUT2D eigenvalue weighted by molar-refractivity contribution is -0.173. The standard InChI is InChI=1S/C10H12BrF3N4O2/c11-6-3-7(8(18-15)17-4-6)9(19)16-1-2-20-5-10(12,13)14/h3-4H,1-2,5,15H2,(H,16,19)(H,17,18). The van der Waals surface area contributed by atoms with Crippen LogP contribution in [0.1, 0.15) is 10.4 Å². The number of aromatic nitrogens is 1. The summed E-state index contributed by atoms with van der Waals surface area (Å²) in [5.74, 6) is 4.83. The van der Waals surface area contributed by atoms with Gasteiger partial charge in [0.05, 0.1) is 12.2 Å². The highest BCUT2D eigenvalue weighted by Gasteiger charge is 2.27. The van der Waals surface area contributed by atoms with Gasteiger partial charge < -0.3 is 15.5 Å². The van der Waals surface area contributed by atoms with Gasteiger partial charge in [-0.1, -0.05) is 0 Å². The first-order valence-corrected chi connectivity index (χ1v) is 6.17. The molecule has 112 valence electrons. The van der Waals surface area contributed by atoms with Gasteiger partial charge in [-0.3, -0.25) is 4.79 Å². The fourth-order valence-electron chi connectivity index (χ4n) is 1.25. The summed E-state index contributed by atoms with van der Waals surface area (Å²) in [5, 5.41) is 2.40. The number of hydrogen-bond donors (Lipinski definition) is 3. The number of carbonyl (C=O) groups excluding carboxylic acids is 1. The lowest BCUT2D eigenvalue weighted by atomic mass is 10.2. The van der Waals surface area contributed by atoms with E-state index in [0.29, 0.717) is 4.47 Å². The number of nitrogens with zero attached hydrogens (tertiary/aromatic N) is 1. The smallest absolute Gasteiger partial charge is 0.370 e. The number of nitrogen functional groups attached to an aromatic ring is 1. The average Bonchev–Trinajstić information content (AvgIpc) is 2.36. The molecule has 1 rings (SSSR count). The van der Waals surface area contributed by atoms with Crippen LogP contribution < -0.4 is 16.6 Å². The molecular weight excluding hydrogens is 345 g/mol. The summed E-state index contributed by atoms with van der Waals surface area (Å²) < 4.78 is 40.3. The fourth-order valence-corrected chi connectivity index (χ4v) is 1.58. The number of pyridine rings is 1. The van der Waals surface area contributed by atoms with Crippen molar-refractivity contribution in [2.24, 2.45) is 5.84 Å². The maximum absolute atomic E-state index is 11.8. The van der Waals surface area contributed by atoms with Crippen LogP contribution in [0.15, 0.2) is 16.7 Å². The van der Waals surface area contributed by atoms with Crippen LogP contribution in [-0.4, -0.2) is 36.8 Å². The van der Waals surface area contributed by atoms with Crippen molar-refractivity contribution in [2.75, 3.05) is 25.2 Å². The van der Waals surface area contributed by atoms with Gasteiger partial charge in [-0.05, 0) is 22.0 Å². The second kappa shape index (κ2) is 7.41. The predicted octanol–water partition coefficient (Wildman–Crippen LogP) is 1.44. The molecule has 0 unspecified atom stereocenters. The number of hydrogen-bond acceptors (Lipinski definition) is 5. The van der Waals surface area contributed by atoms with E-state index in [9.17, 15) is 18.0 Å². The van der Waals surface area contributed by atoms with E-state index in [2.05, 4.69) is 36.4 Å². The normalized spacial score (nSPS) is 11.2. The zero-order valence-corrected chi connectivity index (χ0v) is 11.7. The van der Waals surface area contributed by atoms with Gasteiger partial charge in [0.1, 0.15) is 6.61 Å². The lowest BCUT2D eigenvalue weighted by Gasteiger charge is -2.10. The Kier molecular flexibility index (Phi) is 6.17. The highest BCUT2D eigenvalue weighted by Crippen LogP contribution is 2.17. The van der Waals surface area contributed by atoms with Gasteiger partial charge in [0.2, 0.25) is 0 Å². The van der Waals surface area contributed by atoms with Crippen molar-refractivity contribution in [3.63, 3.8) is 0 Å². The Morgan fingerprint density at radius 3 is 2.80 bits per heavy atom. The Morgan fingerprint density at radius 1 is 1.50 bits per heavy atom. The number of halogens is 4. The van der Waals surface area contributed by atoms with E-state index >= 15 is 0 Å². The number of hydrazine groups is 1. The first-order chi connectivity index (χ1) is 9.33. The molecular formula is C10H12BrF3N4O2. The monoisotopic (exact) mass is 356 g/mol. The van der Waals surface area contributed by atoms with E-state index in [1.165, 1.54) is 12.3 Å². The van der Waals surface area contributed by atoms with Crippen molar-refractivity contribution in [3.8, 4) is 0 Å². The van der Waals surface area contributed by atoms with Crippen LogP contribution in [0.5, 0.6) is 0 Å². The molecule has 20 heavy (non-hydrogen) atoms. The van der Waals surface area contributed by atoms with Crippen LogP contribution in [0.3, 0.4) is 0 Å². The highest BCUT2D eigenvalue weighted by molar-refractivity contribution is 9.10. The minimum Gasteiger partial charge on any atom is -0.370 e. The molecule has 1 aromatic rings. The van der Waals surface area contributed by atoms with E-state index < -0.39 is 18.7 Å². The van der Waals surface area contributed by atoms with Crippen LogP contribution in [0.25, 0.3) is 0 Å². The van der Waals surface area contributed by atoms with Gasteiger partial charge in [-0.25, -0.2) is 10.8 Å². The number of carbonyl (C=O) groups is 1. The summed E-state index contributed by atoms with van der Waals surface area (Å²) in [7, 11) is 0. The third-order valence-corrected chi connectivity index (χ3v) is 2.47. The van der Waals surface area contributed by atoms with Crippen molar-refractivity contribution in [1.82, 2.24) is 10.3 Å². The summed E-state index contributed by atoms with van der Waals surface area (Å²) in [6.45, 7) is -1.67. The summed E-state index contributed by atoms with van der Waals surface area (Å²) in [5.41, 5.74) is 2.42. The molecule has 0 saturated carbocycles. The molecule has 1 amide bonds. The van der Waals surface area contributed by atoms with Crippen LogP contribution in [0.4, 0.5) is 19.0 Å². The van der Waals surface area contributed by atoms with E-state index in [4.69, 9.17) is 5.84 Å². The SMILES string of the molecule is NNc1ncc(Br)cc1C(=O)NCCOCC(F)(F)F. The van der Waals surface area contributed by atoms with Crippen LogP contribution in [-0.2, 0) is 4.74 Å². The highest BCUT2D eigenvalue weighted by atomic mass is 79.9. The molecule has 1 heterocycles. The summed E-state index contributed by atoms with van der Waals surface area (Å²) >= 11 is 3.15. The molecule has 10 heteroatoms. The number of alkyl halides is 3. The third-order valence-electron chi connectivity index (χ3n) is 2.03. The number of ether oxygens (including phenoxy) is 1. The Bertz CT molecular complexity index is 470. The molecule has 0 radical (unpaired) electrons. The maximum Gasteiger partial charge on any atom is 0.411 e. The molecule has 0 aliphatic heterocycles. The van der Waals surface area contributed by atoms with Crippen LogP contribution >= 0.6 is 15.9 Å². The predicted molar refractivity (Wildman–Crippen MR) is 69.0 cm³/mol. The molecule has 0 spiro atoms.